The lowest BCUT2D eigenvalue weighted by Crippen LogP contribution is -2.02. The molecule has 2 rings (SSSR count). The highest BCUT2D eigenvalue weighted by Gasteiger charge is 2.10. The van der Waals surface area contributed by atoms with Crippen LogP contribution in [-0.2, 0) is 13.7 Å². The molecule has 0 aliphatic rings. The van der Waals surface area contributed by atoms with Crippen molar-refractivity contribution >= 4 is 5.82 Å². The van der Waals surface area contributed by atoms with E-state index in [2.05, 4.69) is 5.10 Å². The van der Waals surface area contributed by atoms with Crippen molar-refractivity contribution in [2.45, 2.75) is 13.5 Å². The van der Waals surface area contributed by atoms with Gasteiger partial charge in [0.15, 0.2) is 0 Å². The van der Waals surface area contributed by atoms with Crippen LogP contribution in [0.1, 0.15) is 11.3 Å². The van der Waals surface area contributed by atoms with E-state index in [-0.39, 0.29) is 0 Å². The summed E-state index contributed by atoms with van der Waals surface area (Å²) < 4.78 is 12.5. The highest BCUT2D eigenvalue weighted by atomic mass is 16.5. The lowest BCUT2D eigenvalue weighted by atomic mass is 10.2. The molecule has 0 saturated heterocycles. The zero-order valence-corrected chi connectivity index (χ0v) is 10.8. The van der Waals surface area contributed by atoms with Crippen molar-refractivity contribution in [1.82, 2.24) is 9.78 Å². The zero-order chi connectivity index (χ0) is 13.1. The predicted molar refractivity (Wildman–Crippen MR) is 69.7 cm³/mol. The third kappa shape index (κ3) is 2.40. The largest absolute Gasteiger partial charge is 0.497 e. The minimum absolute atomic E-state index is 0.401. The van der Waals surface area contributed by atoms with Crippen LogP contribution in [0.2, 0.25) is 0 Å². The molecule has 1 aromatic heterocycles. The molecule has 0 bridgehead atoms. The summed E-state index contributed by atoms with van der Waals surface area (Å²) in [6, 6.07) is 7.47. The maximum absolute atomic E-state index is 5.92. The molecule has 0 unspecified atom stereocenters. The molecular weight excluding hydrogens is 230 g/mol. The summed E-state index contributed by atoms with van der Waals surface area (Å²) in [6.07, 6.45) is 0. The fraction of sp³-hybridized carbons (Fsp3) is 0.308. The van der Waals surface area contributed by atoms with Crippen LogP contribution in [-0.4, -0.2) is 16.9 Å². The molecule has 0 spiro atoms. The van der Waals surface area contributed by atoms with E-state index in [4.69, 9.17) is 15.2 Å². The summed E-state index contributed by atoms with van der Waals surface area (Å²) in [4.78, 5) is 0. The Labute approximate surface area is 106 Å². The molecule has 0 amide bonds. The minimum atomic E-state index is 0.401. The molecule has 0 aliphatic heterocycles. The lowest BCUT2D eigenvalue weighted by Gasteiger charge is -2.07. The Morgan fingerprint density at radius 3 is 2.67 bits per heavy atom. The predicted octanol–water partition coefficient (Wildman–Crippen LogP) is 1.90. The molecule has 1 heterocycles. The number of nitrogens with zero attached hydrogens (tertiary/aromatic N) is 2. The van der Waals surface area contributed by atoms with Crippen molar-refractivity contribution in [1.29, 1.82) is 0 Å². The second-order valence-corrected chi connectivity index (χ2v) is 4.04. The molecule has 2 N–H and O–H groups in total. The Hall–Kier alpha value is -2.17. The zero-order valence-electron chi connectivity index (χ0n) is 10.8. The van der Waals surface area contributed by atoms with Crippen molar-refractivity contribution in [2.75, 3.05) is 12.8 Å². The van der Waals surface area contributed by atoms with Crippen LogP contribution >= 0.6 is 0 Å². The average Bonchev–Trinajstić information content (AvgIpc) is 2.61. The van der Waals surface area contributed by atoms with Crippen molar-refractivity contribution in [3.05, 3.63) is 35.5 Å². The van der Waals surface area contributed by atoms with Gasteiger partial charge in [-0.15, -0.1) is 0 Å². The number of nitrogens with two attached hydrogens (primary N) is 1. The number of anilines is 1. The number of hydrogen-bond acceptors (Lipinski definition) is 4. The van der Waals surface area contributed by atoms with E-state index in [1.807, 2.05) is 38.2 Å². The summed E-state index contributed by atoms with van der Waals surface area (Å²) in [7, 11) is 3.44. The van der Waals surface area contributed by atoms with E-state index in [1.54, 1.807) is 11.8 Å². The Balaban J connectivity index is 2.11. The average molecular weight is 247 g/mol. The normalized spacial score (nSPS) is 10.4. The van der Waals surface area contributed by atoms with Gasteiger partial charge in [-0.25, -0.2) is 0 Å². The van der Waals surface area contributed by atoms with E-state index in [0.29, 0.717) is 12.4 Å². The Morgan fingerprint density at radius 1 is 1.33 bits per heavy atom. The monoisotopic (exact) mass is 247 g/mol. The van der Waals surface area contributed by atoms with Crippen LogP contribution in [0.4, 0.5) is 5.82 Å². The Kier molecular flexibility index (Phi) is 3.41. The summed E-state index contributed by atoms with van der Waals surface area (Å²) >= 11 is 0. The SMILES string of the molecule is COc1cccc(OCc2c(C)nn(C)c2N)c1. The van der Waals surface area contributed by atoms with Crippen LogP contribution in [0.3, 0.4) is 0 Å². The maximum Gasteiger partial charge on any atom is 0.128 e. The van der Waals surface area contributed by atoms with Crippen LogP contribution in [0.25, 0.3) is 0 Å². The molecule has 0 fully saturated rings. The topological polar surface area (TPSA) is 62.3 Å². The highest BCUT2D eigenvalue weighted by Crippen LogP contribution is 2.22. The molecule has 0 saturated carbocycles. The first kappa shape index (κ1) is 12.3. The van der Waals surface area contributed by atoms with E-state index in [0.717, 1.165) is 22.8 Å². The number of hydrogen-bond donors (Lipinski definition) is 1. The molecule has 1 aromatic carbocycles. The third-order valence-corrected chi connectivity index (χ3v) is 2.82. The lowest BCUT2D eigenvalue weighted by molar-refractivity contribution is 0.303. The fourth-order valence-corrected chi connectivity index (χ4v) is 1.74. The van der Waals surface area contributed by atoms with Gasteiger partial charge in [0.05, 0.1) is 18.4 Å². The highest BCUT2D eigenvalue weighted by molar-refractivity contribution is 5.43. The molecule has 0 atom stereocenters. The van der Waals surface area contributed by atoms with Gasteiger partial charge in [0.25, 0.3) is 0 Å². The van der Waals surface area contributed by atoms with Gasteiger partial charge >= 0.3 is 0 Å². The Morgan fingerprint density at radius 2 is 2.06 bits per heavy atom. The van der Waals surface area contributed by atoms with Crippen LogP contribution in [0.15, 0.2) is 24.3 Å². The second-order valence-electron chi connectivity index (χ2n) is 4.04. The summed E-state index contributed by atoms with van der Waals surface area (Å²) in [5.74, 6) is 2.15. The molecule has 5 heteroatoms. The maximum atomic E-state index is 5.92. The van der Waals surface area contributed by atoms with Crippen molar-refractivity contribution in [2.24, 2.45) is 7.05 Å². The smallest absolute Gasteiger partial charge is 0.128 e. The molecule has 0 aliphatic carbocycles. The number of rotatable bonds is 4. The quantitative estimate of drug-likeness (QED) is 0.896. The third-order valence-electron chi connectivity index (χ3n) is 2.82. The first-order chi connectivity index (χ1) is 8.61. The Bertz CT molecular complexity index is 549. The second kappa shape index (κ2) is 5.00. The molecule has 18 heavy (non-hydrogen) atoms. The summed E-state index contributed by atoms with van der Waals surface area (Å²) in [6.45, 7) is 2.32. The fourth-order valence-electron chi connectivity index (χ4n) is 1.74. The van der Waals surface area contributed by atoms with Gasteiger partial charge in [-0.3, -0.25) is 4.68 Å². The van der Waals surface area contributed by atoms with Crippen LogP contribution < -0.4 is 15.2 Å². The van der Waals surface area contributed by atoms with E-state index >= 15 is 0 Å². The van der Waals surface area contributed by atoms with E-state index in [1.165, 1.54) is 0 Å². The van der Waals surface area contributed by atoms with Gasteiger partial charge in [0.1, 0.15) is 23.9 Å². The van der Waals surface area contributed by atoms with E-state index in [9.17, 15) is 0 Å². The van der Waals surface area contributed by atoms with Crippen molar-refractivity contribution in [3.63, 3.8) is 0 Å². The molecule has 5 nitrogen and oxygen atoms in total. The van der Waals surface area contributed by atoms with Gasteiger partial charge in [-0.2, -0.15) is 5.10 Å². The van der Waals surface area contributed by atoms with Gasteiger partial charge in [-0.05, 0) is 19.1 Å². The van der Waals surface area contributed by atoms with Crippen molar-refractivity contribution in [3.8, 4) is 11.5 Å². The molecule has 2 aromatic rings. The molecule has 0 radical (unpaired) electrons. The van der Waals surface area contributed by atoms with Gasteiger partial charge < -0.3 is 15.2 Å². The van der Waals surface area contributed by atoms with Crippen LogP contribution in [0, 0.1) is 6.92 Å². The number of nitrogen functional groups attached to an aromatic ring is 1. The van der Waals surface area contributed by atoms with E-state index < -0.39 is 0 Å². The minimum Gasteiger partial charge on any atom is -0.497 e. The number of benzene rings is 1. The van der Waals surface area contributed by atoms with Crippen LogP contribution in [0.5, 0.6) is 11.5 Å². The number of ether oxygens (including phenoxy) is 2. The summed E-state index contributed by atoms with van der Waals surface area (Å²) in [5, 5.41) is 4.24. The summed E-state index contributed by atoms with van der Waals surface area (Å²) in [5.41, 5.74) is 7.72. The first-order valence-corrected chi connectivity index (χ1v) is 5.66. The molecule has 96 valence electrons. The van der Waals surface area contributed by atoms with Gasteiger partial charge in [0.2, 0.25) is 0 Å². The molecular formula is C13H17N3O2. The first-order valence-electron chi connectivity index (χ1n) is 5.66. The number of aryl methyl sites for hydroxylation is 2. The number of methoxy groups -OCH3 is 1. The van der Waals surface area contributed by atoms with Gasteiger partial charge in [-0.1, -0.05) is 6.07 Å². The number of aromatic nitrogens is 2. The standard InChI is InChI=1S/C13H17N3O2/c1-9-12(13(14)16(2)15-9)8-18-11-6-4-5-10(7-11)17-3/h4-7H,8,14H2,1-3H3. The van der Waals surface area contributed by atoms with Crippen molar-refractivity contribution < 1.29 is 9.47 Å². The van der Waals surface area contributed by atoms with Gasteiger partial charge in [0, 0.05) is 13.1 Å².